The van der Waals surface area contributed by atoms with Crippen LogP contribution in [0, 0.1) is 32.1 Å². The number of nitro groups is 2. The molecule has 3 rings (SSSR count). The first kappa shape index (κ1) is 24.8. The Morgan fingerprint density at radius 1 is 0.857 bits per heavy atom. The molecule has 1 fully saturated rings. The van der Waals surface area contributed by atoms with Gasteiger partial charge in [-0.15, -0.1) is 0 Å². The van der Waals surface area contributed by atoms with Crippen molar-refractivity contribution in [2.24, 2.45) is 22.0 Å². The van der Waals surface area contributed by atoms with Crippen molar-refractivity contribution in [3.63, 3.8) is 0 Å². The molecule has 2 aromatic carbocycles. The Balaban J connectivity index is 1.51. The van der Waals surface area contributed by atoms with Crippen LogP contribution in [0.25, 0.3) is 0 Å². The lowest BCUT2D eigenvalue weighted by molar-refractivity contribution is -0.385. The largest absolute Gasteiger partial charge is 0.490 e. The summed E-state index contributed by atoms with van der Waals surface area (Å²) in [7, 11) is 2.63. The third-order valence-electron chi connectivity index (χ3n) is 5.04. The molecule has 0 bridgehead atoms. The van der Waals surface area contributed by atoms with Crippen LogP contribution >= 0.6 is 0 Å². The Bertz CT molecular complexity index is 1130. The van der Waals surface area contributed by atoms with Gasteiger partial charge < -0.3 is 9.47 Å². The first-order chi connectivity index (χ1) is 16.7. The summed E-state index contributed by atoms with van der Waals surface area (Å²) in [6.07, 6.45) is 2.77. The monoisotopic (exact) mass is 484 g/mol. The predicted molar refractivity (Wildman–Crippen MR) is 122 cm³/mol. The van der Waals surface area contributed by atoms with Crippen LogP contribution in [0.1, 0.15) is 17.5 Å². The molecule has 0 aromatic heterocycles. The third-order valence-corrected chi connectivity index (χ3v) is 5.04. The Labute approximate surface area is 197 Å². The number of hydrogen-bond acceptors (Lipinski definition) is 10. The smallest absolute Gasteiger partial charge is 0.311 e. The highest BCUT2D eigenvalue weighted by molar-refractivity contribution is 5.93. The molecule has 1 aliphatic carbocycles. The number of nitrogens with zero attached hydrogens (tertiary/aromatic N) is 4. The lowest BCUT2D eigenvalue weighted by atomic mass is 10.2. The molecule has 1 saturated carbocycles. The maximum Gasteiger partial charge on any atom is 0.311 e. The van der Waals surface area contributed by atoms with Crippen LogP contribution in [0.2, 0.25) is 0 Å². The summed E-state index contributed by atoms with van der Waals surface area (Å²) in [6, 6.07) is 8.38. The van der Waals surface area contributed by atoms with Gasteiger partial charge in [0, 0.05) is 23.3 Å². The molecule has 2 atom stereocenters. The molecule has 0 aliphatic heterocycles. The number of nitrogens with one attached hydrogen (secondary N) is 2. The second-order valence-corrected chi connectivity index (χ2v) is 7.29. The molecular formula is C21H20N6O8. The Hall–Kier alpha value is -4.88. The van der Waals surface area contributed by atoms with Crippen molar-refractivity contribution in [3.8, 4) is 11.5 Å². The number of carbonyl (C=O) groups excluding carboxylic acids is 2. The average Bonchev–Trinajstić information content (AvgIpc) is 3.65. The zero-order chi connectivity index (χ0) is 25.5. The maximum atomic E-state index is 12.2. The predicted octanol–water partition coefficient (Wildman–Crippen LogP) is 1.76. The van der Waals surface area contributed by atoms with E-state index in [0.717, 1.165) is 0 Å². The molecule has 182 valence electrons. The van der Waals surface area contributed by atoms with E-state index in [9.17, 15) is 29.8 Å². The lowest BCUT2D eigenvalue weighted by Gasteiger charge is -2.02. The van der Waals surface area contributed by atoms with Crippen molar-refractivity contribution in [1.82, 2.24) is 10.9 Å². The summed E-state index contributed by atoms with van der Waals surface area (Å²) in [6.45, 7) is 0. The number of benzene rings is 2. The molecule has 0 heterocycles. The normalized spacial score (nSPS) is 16.6. The number of carbonyl (C=O) groups is 2. The minimum absolute atomic E-state index is 0.0934. The van der Waals surface area contributed by atoms with Crippen LogP contribution in [0.5, 0.6) is 11.5 Å². The van der Waals surface area contributed by atoms with E-state index in [1.54, 1.807) is 0 Å². The summed E-state index contributed by atoms with van der Waals surface area (Å²) in [4.78, 5) is 45.3. The van der Waals surface area contributed by atoms with Crippen LogP contribution in [-0.4, -0.2) is 48.3 Å². The van der Waals surface area contributed by atoms with Crippen molar-refractivity contribution in [1.29, 1.82) is 0 Å². The lowest BCUT2D eigenvalue weighted by Crippen LogP contribution is -2.25. The number of nitro benzene ring substituents is 2. The number of ether oxygens (including phenoxy) is 2. The fraction of sp³-hybridized carbons (Fsp3) is 0.238. The van der Waals surface area contributed by atoms with Crippen LogP contribution in [0.3, 0.4) is 0 Å². The molecule has 0 saturated heterocycles. The van der Waals surface area contributed by atoms with E-state index in [-0.39, 0.29) is 22.9 Å². The van der Waals surface area contributed by atoms with Gasteiger partial charge in [0.2, 0.25) is 11.8 Å². The summed E-state index contributed by atoms with van der Waals surface area (Å²) in [5.41, 5.74) is 4.85. The van der Waals surface area contributed by atoms with Crippen LogP contribution in [0.15, 0.2) is 46.6 Å². The highest BCUT2D eigenvalue weighted by atomic mass is 16.6. The minimum Gasteiger partial charge on any atom is -0.490 e. The van der Waals surface area contributed by atoms with Gasteiger partial charge in [-0.2, -0.15) is 10.2 Å². The van der Waals surface area contributed by atoms with Crippen molar-refractivity contribution >= 4 is 35.6 Å². The average molecular weight is 484 g/mol. The fourth-order valence-electron chi connectivity index (χ4n) is 3.14. The van der Waals surface area contributed by atoms with Gasteiger partial charge in [-0.25, -0.2) is 10.9 Å². The SMILES string of the molecule is COc1ccc(C=NNC(=O)C2CC2C(=O)NN=Cc2ccc(OC)c([N+](=O)[O-])c2)cc1[N+](=O)[O-]. The highest BCUT2D eigenvalue weighted by Crippen LogP contribution is 2.38. The number of methoxy groups -OCH3 is 2. The first-order valence-electron chi connectivity index (χ1n) is 10.1. The summed E-state index contributed by atoms with van der Waals surface area (Å²) in [5.74, 6) is -1.99. The molecule has 14 nitrogen and oxygen atoms in total. The van der Waals surface area contributed by atoms with Gasteiger partial charge in [0.25, 0.3) is 0 Å². The van der Waals surface area contributed by atoms with E-state index < -0.39 is 33.5 Å². The third kappa shape index (κ3) is 6.13. The topological polar surface area (TPSA) is 188 Å². The zero-order valence-corrected chi connectivity index (χ0v) is 18.5. The Morgan fingerprint density at radius 3 is 1.60 bits per heavy atom. The van der Waals surface area contributed by atoms with E-state index in [0.29, 0.717) is 17.5 Å². The van der Waals surface area contributed by atoms with Crippen molar-refractivity contribution in [2.75, 3.05) is 14.2 Å². The van der Waals surface area contributed by atoms with Gasteiger partial charge in [0.15, 0.2) is 11.5 Å². The molecule has 0 radical (unpaired) electrons. The second kappa shape index (κ2) is 10.8. The van der Waals surface area contributed by atoms with Crippen molar-refractivity contribution in [2.45, 2.75) is 6.42 Å². The first-order valence-corrected chi connectivity index (χ1v) is 10.1. The van der Waals surface area contributed by atoms with Gasteiger partial charge in [-0.1, -0.05) is 0 Å². The molecule has 0 spiro atoms. The number of hydrogen-bond donors (Lipinski definition) is 2. The quantitative estimate of drug-likeness (QED) is 0.290. The summed E-state index contributed by atoms with van der Waals surface area (Å²) >= 11 is 0. The molecule has 2 unspecified atom stereocenters. The summed E-state index contributed by atoms with van der Waals surface area (Å²) in [5, 5.41) is 29.7. The summed E-state index contributed by atoms with van der Waals surface area (Å²) < 4.78 is 9.84. The van der Waals surface area contributed by atoms with Crippen LogP contribution in [-0.2, 0) is 9.59 Å². The number of hydrazone groups is 2. The number of amides is 2. The van der Waals surface area contributed by atoms with E-state index in [2.05, 4.69) is 21.1 Å². The molecule has 2 N–H and O–H groups in total. The van der Waals surface area contributed by atoms with Gasteiger partial charge in [0.1, 0.15) is 0 Å². The highest BCUT2D eigenvalue weighted by Gasteiger charge is 2.48. The van der Waals surface area contributed by atoms with Gasteiger partial charge >= 0.3 is 11.4 Å². The molecule has 2 amide bonds. The van der Waals surface area contributed by atoms with Gasteiger partial charge in [-0.05, 0) is 30.7 Å². The second-order valence-electron chi connectivity index (χ2n) is 7.29. The molecular weight excluding hydrogens is 464 g/mol. The zero-order valence-electron chi connectivity index (χ0n) is 18.5. The van der Waals surface area contributed by atoms with Crippen LogP contribution in [0.4, 0.5) is 11.4 Å². The standard InChI is InChI=1S/C21H20N6O8/c1-34-18-5-3-12(7-16(18)26(30)31)10-22-24-20(28)14-9-15(14)21(29)25-23-11-13-4-6-19(35-2)17(8-13)27(32)33/h3-8,10-11,14-15H,9H2,1-2H3,(H,24,28)(H,25,29). The molecule has 14 heteroatoms. The molecule has 2 aromatic rings. The molecule has 1 aliphatic rings. The minimum atomic E-state index is -0.602. The maximum absolute atomic E-state index is 12.2. The Kier molecular flexibility index (Phi) is 7.66. The van der Waals surface area contributed by atoms with E-state index >= 15 is 0 Å². The molecule has 35 heavy (non-hydrogen) atoms. The van der Waals surface area contributed by atoms with E-state index in [1.165, 1.54) is 63.0 Å². The Morgan fingerprint density at radius 2 is 1.26 bits per heavy atom. The van der Waals surface area contributed by atoms with Crippen LogP contribution < -0.4 is 20.3 Å². The van der Waals surface area contributed by atoms with Gasteiger partial charge in [-0.3, -0.25) is 29.8 Å². The van der Waals surface area contributed by atoms with Gasteiger partial charge in [0.05, 0.1) is 48.3 Å². The van der Waals surface area contributed by atoms with Crippen molar-refractivity contribution < 1.29 is 28.9 Å². The van der Waals surface area contributed by atoms with E-state index in [4.69, 9.17) is 9.47 Å². The van der Waals surface area contributed by atoms with Crippen molar-refractivity contribution in [3.05, 3.63) is 67.8 Å². The number of rotatable bonds is 10. The van der Waals surface area contributed by atoms with E-state index in [1.807, 2.05) is 0 Å². The fourth-order valence-corrected chi connectivity index (χ4v) is 3.14.